The van der Waals surface area contributed by atoms with E-state index >= 15 is 0 Å². The van der Waals surface area contributed by atoms with Crippen molar-refractivity contribution in [1.29, 1.82) is 0 Å². The van der Waals surface area contributed by atoms with Crippen LogP contribution < -0.4 is 15.4 Å². The number of rotatable bonds is 5. The molecule has 1 aromatic carbocycles. The molecule has 0 heterocycles. The van der Waals surface area contributed by atoms with Crippen LogP contribution in [0.25, 0.3) is 0 Å². The number of nitrogens with one attached hydrogen (secondary N) is 2. The van der Waals surface area contributed by atoms with Gasteiger partial charge in [0.1, 0.15) is 5.75 Å². The molecule has 0 saturated heterocycles. The Kier molecular flexibility index (Phi) is 9.41. The highest BCUT2D eigenvalue weighted by molar-refractivity contribution is 14.0. The van der Waals surface area contributed by atoms with E-state index in [0.29, 0.717) is 6.61 Å². The average molecular weight is 405 g/mol. The summed E-state index contributed by atoms with van der Waals surface area (Å²) in [4.78, 5) is 4.19. The van der Waals surface area contributed by atoms with Gasteiger partial charge in [-0.3, -0.25) is 4.99 Å². The Morgan fingerprint density at radius 3 is 2.33 bits per heavy atom. The smallest absolute Gasteiger partial charge is 0.191 e. The molecule has 120 valence electrons. The lowest BCUT2D eigenvalue weighted by Crippen LogP contribution is -2.47. The van der Waals surface area contributed by atoms with Gasteiger partial charge in [0.15, 0.2) is 5.96 Å². The van der Waals surface area contributed by atoms with E-state index in [2.05, 4.69) is 55.5 Å². The molecule has 0 saturated carbocycles. The first-order valence-corrected chi connectivity index (χ1v) is 7.09. The van der Waals surface area contributed by atoms with Gasteiger partial charge in [-0.05, 0) is 46.2 Å². The minimum Gasteiger partial charge on any atom is -0.494 e. The van der Waals surface area contributed by atoms with Crippen molar-refractivity contribution in [3.63, 3.8) is 0 Å². The Morgan fingerprint density at radius 1 is 1.19 bits per heavy atom. The van der Waals surface area contributed by atoms with E-state index in [1.165, 1.54) is 5.56 Å². The van der Waals surface area contributed by atoms with Crippen LogP contribution in [0.3, 0.4) is 0 Å². The van der Waals surface area contributed by atoms with Gasteiger partial charge in [0, 0.05) is 19.1 Å². The minimum absolute atomic E-state index is 0. The second-order valence-corrected chi connectivity index (χ2v) is 5.89. The third-order valence-electron chi connectivity index (χ3n) is 2.62. The Labute approximate surface area is 145 Å². The van der Waals surface area contributed by atoms with Crippen LogP contribution in [0.4, 0.5) is 0 Å². The molecule has 2 N–H and O–H groups in total. The summed E-state index contributed by atoms with van der Waals surface area (Å²) in [6, 6.07) is 8.12. The Bertz CT molecular complexity index is 424. The summed E-state index contributed by atoms with van der Waals surface area (Å²) < 4.78 is 5.68. The molecular formula is C16H28IN3O. The molecule has 0 spiro atoms. The Balaban J connectivity index is 0.00000400. The van der Waals surface area contributed by atoms with Gasteiger partial charge in [0.05, 0.1) is 6.61 Å². The number of benzene rings is 1. The van der Waals surface area contributed by atoms with Gasteiger partial charge in [-0.1, -0.05) is 17.7 Å². The van der Waals surface area contributed by atoms with Crippen LogP contribution in [-0.4, -0.2) is 31.7 Å². The van der Waals surface area contributed by atoms with Crippen LogP contribution in [-0.2, 0) is 0 Å². The van der Waals surface area contributed by atoms with Crippen molar-refractivity contribution in [3.8, 4) is 5.75 Å². The lowest BCUT2D eigenvalue weighted by atomic mass is 10.1. The zero-order chi connectivity index (χ0) is 15.0. The normalized spacial score (nSPS) is 11.6. The van der Waals surface area contributed by atoms with Crippen molar-refractivity contribution < 1.29 is 4.74 Å². The molecule has 5 heteroatoms. The van der Waals surface area contributed by atoms with Crippen molar-refractivity contribution in [1.82, 2.24) is 10.6 Å². The molecule has 0 radical (unpaired) electrons. The van der Waals surface area contributed by atoms with E-state index in [1.807, 2.05) is 12.1 Å². The molecule has 0 atom stereocenters. The molecule has 0 aliphatic heterocycles. The van der Waals surface area contributed by atoms with Gasteiger partial charge in [-0.2, -0.15) is 0 Å². The minimum atomic E-state index is 0. The number of guanidine groups is 1. The van der Waals surface area contributed by atoms with Crippen molar-refractivity contribution in [2.75, 3.05) is 20.2 Å². The van der Waals surface area contributed by atoms with Crippen LogP contribution in [0.5, 0.6) is 5.75 Å². The van der Waals surface area contributed by atoms with Gasteiger partial charge < -0.3 is 15.4 Å². The first-order chi connectivity index (χ1) is 9.40. The summed E-state index contributed by atoms with van der Waals surface area (Å²) in [5.74, 6) is 1.75. The van der Waals surface area contributed by atoms with Crippen molar-refractivity contribution >= 4 is 29.9 Å². The van der Waals surface area contributed by atoms with Crippen LogP contribution in [0.15, 0.2) is 29.3 Å². The molecule has 0 aliphatic rings. The molecular weight excluding hydrogens is 377 g/mol. The SMILES string of the molecule is CN=C(NCCCOc1ccc(C)cc1)NC(C)(C)C.I. The maximum Gasteiger partial charge on any atom is 0.191 e. The van der Waals surface area contributed by atoms with E-state index < -0.39 is 0 Å². The molecule has 4 nitrogen and oxygen atoms in total. The lowest BCUT2D eigenvalue weighted by Gasteiger charge is -2.23. The van der Waals surface area contributed by atoms with Gasteiger partial charge in [0.2, 0.25) is 0 Å². The number of nitrogens with zero attached hydrogens (tertiary/aromatic N) is 1. The number of hydrogen-bond acceptors (Lipinski definition) is 2. The summed E-state index contributed by atoms with van der Waals surface area (Å²) >= 11 is 0. The largest absolute Gasteiger partial charge is 0.494 e. The Hall–Kier alpha value is -0.980. The topological polar surface area (TPSA) is 45.7 Å². The number of hydrogen-bond donors (Lipinski definition) is 2. The highest BCUT2D eigenvalue weighted by Crippen LogP contribution is 2.11. The lowest BCUT2D eigenvalue weighted by molar-refractivity contribution is 0.311. The monoisotopic (exact) mass is 405 g/mol. The van der Waals surface area contributed by atoms with Crippen LogP contribution in [0, 0.1) is 6.92 Å². The summed E-state index contributed by atoms with van der Waals surface area (Å²) in [5.41, 5.74) is 1.26. The first kappa shape index (κ1) is 20.0. The standard InChI is InChI=1S/C16H27N3O.HI/c1-13-7-9-14(10-8-13)20-12-6-11-18-15(17-5)19-16(2,3)4;/h7-10H,6,11-12H2,1-5H3,(H2,17,18,19);1H. The maximum atomic E-state index is 5.68. The summed E-state index contributed by atoms with van der Waals surface area (Å²) in [6.07, 6.45) is 0.929. The first-order valence-electron chi connectivity index (χ1n) is 7.09. The van der Waals surface area contributed by atoms with Crippen LogP contribution >= 0.6 is 24.0 Å². The number of aryl methyl sites for hydroxylation is 1. The third kappa shape index (κ3) is 9.55. The highest BCUT2D eigenvalue weighted by atomic mass is 127. The van der Waals surface area contributed by atoms with Gasteiger partial charge in [-0.25, -0.2) is 0 Å². The molecule has 1 rings (SSSR count). The highest BCUT2D eigenvalue weighted by Gasteiger charge is 2.10. The molecule has 0 fully saturated rings. The predicted octanol–water partition coefficient (Wildman–Crippen LogP) is 3.35. The molecule has 0 aliphatic carbocycles. The second-order valence-electron chi connectivity index (χ2n) is 5.89. The fraction of sp³-hybridized carbons (Fsp3) is 0.562. The van der Waals surface area contributed by atoms with E-state index in [9.17, 15) is 0 Å². The summed E-state index contributed by atoms with van der Waals surface area (Å²) in [6.45, 7) is 9.94. The maximum absolute atomic E-state index is 5.68. The fourth-order valence-electron chi connectivity index (χ4n) is 1.64. The zero-order valence-electron chi connectivity index (χ0n) is 13.7. The van der Waals surface area contributed by atoms with E-state index in [0.717, 1.165) is 24.7 Å². The molecule has 0 amide bonds. The van der Waals surface area contributed by atoms with E-state index in [1.54, 1.807) is 7.05 Å². The van der Waals surface area contributed by atoms with Crippen LogP contribution in [0.1, 0.15) is 32.8 Å². The van der Waals surface area contributed by atoms with Gasteiger partial charge >= 0.3 is 0 Å². The predicted molar refractivity (Wildman–Crippen MR) is 101 cm³/mol. The van der Waals surface area contributed by atoms with Gasteiger partial charge in [-0.15, -0.1) is 24.0 Å². The molecule has 1 aromatic rings. The fourth-order valence-corrected chi connectivity index (χ4v) is 1.64. The second kappa shape index (κ2) is 9.87. The molecule has 0 unspecified atom stereocenters. The van der Waals surface area contributed by atoms with Crippen LogP contribution in [0.2, 0.25) is 0 Å². The zero-order valence-corrected chi connectivity index (χ0v) is 16.0. The molecule has 0 aromatic heterocycles. The summed E-state index contributed by atoms with van der Waals surface area (Å²) in [5, 5.41) is 6.60. The van der Waals surface area contributed by atoms with E-state index in [4.69, 9.17) is 4.74 Å². The average Bonchev–Trinajstić information content (AvgIpc) is 2.37. The molecule has 21 heavy (non-hydrogen) atoms. The number of ether oxygens (including phenoxy) is 1. The quantitative estimate of drug-likeness (QED) is 0.342. The summed E-state index contributed by atoms with van der Waals surface area (Å²) in [7, 11) is 1.78. The third-order valence-corrected chi connectivity index (χ3v) is 2.62. The number of halogens is 1. The molecule has 0 bridgehead atoms. The van der Waals surface area contributed by atoms with E-state index in [-0.39, 0.29) is 29.5 Å². The van der Waals surface area contributed by atoms with Gasteiger partial charge in [0.25, 0.3) is 0 Å². The Morgan fingerprint density at radius 2 is 1.81 bits per heavy atom. The van der Waals surface area contributed by atoms with Crippen molar-refractivity contribution in [2.45, 2.75) is 39.7 Å². The van der Waals surface area contributed by atoms with Crippen molar-refractivity contribution in [3.05, 3.63) is 29.8 Å². The number of aliphatic imine (C=N–C) groups is 1. The van der Waals surface area contributed by atoms with Crippen molar-refractivity contribution in [2.24, 2.45) is 4.99 Å².